The Hall–Kier alpha value is -1.83. The molecule has 2 aromatic rings. The molecule has 0 amide bonds. The van der Waals surface area contributed by atoms with Crippen molar-refractivity contribution in [2.24, 2.45) is 0 Å². The van der Waals surface area contributed by atoms with Crippen LogP contribution in [0.5, 0.6) is 11.5 Å². The van der Waals surface area contributed by atoms with Gasteiger partial charge in [-0.2, -0.15) is 0 Å². The molecule has 1 aromatic carbocycles. The van der Waals surface area contributed by atoms with Crippen LogP contribution in [0.3, 0.4) is 0 Å². The van der Waals surface area contributed by atoms with Crippen LogP contribution in [0.4, 0.5) is 5.13 Å². The second kappa shape index (κ2) is 7.59. The van der Waals surface area contributed by atoms with Gasteiger partial charge in [-0.1, -0.05) is 12.1 Å². The Morgan fingerprint density at radius 2 is 2.04 bits per heavy atom. The molecule has 25 heavy (non-hydrogen) atoms. The number of rotatable bonds is 5. The van der Waals surface area contributed by atoms with Crippen LogP contribution in [0, 0.1) is 0 Å². The number of hydrogen-bond acceptors (Lipinski definition) is 7. The Labute approximate surface area is 151 Å². The average molecular weight is 361 g/mol. The SMILES string of the molecule is CN(Cc1cnc(N2CCOCC2)s1)CC1COc2ccccc2O1. The lowest BCUT2D eigenvalue weighted by molar-refractivity contribution is 0.0640. The van der Waals surface area contributed by atoms with Crippen molar-refractivity contribution in [1.82, 2.24) is 9.88 Å². The fourth-order valence-electron chi connectivity index (χ4n) is 3.10. The monoisotopic (exact) mass is 361 g/mol. The van der Waals surface area contributed by atoms with Gasteiger partial charge in [0.1, 0.15) is 12.7 Å². The summed E-state index contributed by atoms with van der Waals surface area (Å²) in [5.41, 5.74) is 0. The van der Waals surface area contributed by atoms with Crippen LogP contribution in [-0.2, 0) is 11.3 Å². The van der Waals surface area contributed by atoms with Gasteiger partial charge in [0.05, 0.1) is 13.2 Å². The van der Waals surface area contributed by atoms with Crippen molar-refractivity contribution in [1.29, 1.82) is 0 Å². The lowest BCUT2D eigenvalue weighted by Gasteiger charge is -2.29. The Bertz CT molecular complexity index is 702. The first-order valence-electron chi connectivity index (χ1n) is 8.62. The predicted octanol–water partition coefficient (Wildman–Crippen LogP) is 2.25. The number of ether oxygens (including phenoxy) is 3. The molecule has 134 valence electrons. The molecule has 2 aliphatic rings. The minimum Gasteiger partial charge on any atom is -0.486 e. The third-order valence-corrected chi connectivity index (χ3v) is 5.37. The van der Waals surface area contributed by atoms with E-state index in [2.05, 4.69) is 21.8 Å². The van der Waals surface area contributed by atoms with Crippen molar-refractivity contribution >= 4 is 16.5 Å². The summed E-state index contributed by atoms with van der Waals surface area (Å²) in [5.74, 6) is 1.67. The van der Waals surface area contributed by atoms with Gasteiger partial charge >= 0.3 is 0 Å². The molecule has 1 fully saturated rings. The molecule has 1 atom stereocenters. The van der Waals surface area contributed by atoms with Gasteiger partial charge in [0, 0.05) is 37.3 Å². The van der Waals surface area contributed by atoms with E-state index in [-0.39, 0.29) is 6.10 Å². The van der Waals surface area contributed by atoms with E-state index < -0.39 is 0 Å². The number of morpholine rings is 1. The summed E-state index contributed by atoms with van der Waals surface area (Å²) in [5, 5.41) is 1.10. The van der Waals surface area contributed by atoms with Gasteiger partial charge in [-0.25, -0.2) is 4.98 Å². The fourth-order valence-corrected chi connectivity index (χ4v) is 4.14. The summed E-state index contributed by atoms with van der Waals surface area (Å²) in [6.07, 6.45) is 2.03. The van der Waals surface area contributed by atoms with Crippen LogP contribution in [-0.4, -0.2) is 62.5 Å². The Balaban J connectivity index is 1.31. The molecule has 1 saturated heterocycles. The number of anilines is 1. The van der Waals surface area contributed by atoms with Crippen molar-refractivity contribution in [2.75, 3.05) is 51.4 Å². The molecule has 7 heteroatoms. The molecule has 1 aromatic heterocycles. The van der Waals surface area contributed by atoms with Gasteiger partial charge in [-0.05, 0) is 19.2 Å². The van der Waals surface area contributed by atoms with Crippen LogP contribution >= 0.6 is 11.3 Å². The number of hydrogen-bond donors (Lipinski definition) is 0. The van der Waals surface area contributed by atoms with E-state index in [0.717, 1.165) is 56.0 Å². The summed E-state index contributed by atoms with van der Waals surface area (Å²) in [4.78, 5) is 10.4. The highest BCUT2D eigenvalue weighted by molar-refractivity contribution is 7.15. The topological polar surface area (TPSA) is 47.1 Å². The zero-order valence-corrected chi connectivity index (χ0v) is 15.2. The molecule has 0 spiro atoms. The van der Waals surface area contributed by atoms with E-state index in [1.54, 1.807) is 11.3 Å². The summed E-state index contributed by atoms with van der Waals surface area (Å²) in [7, 11) is 2.11. The van der Waals surface area contributed by atoms with Crippen LogP contribution in [0.25, 0.3) is 0 Å². The maximum Gasteiger partial charge on any atom is 0.185 e. The standard InChI is InChI=1S/C18H23N3O3S/c1-20(11-14-13-23-16-4-2-3-5-17(16)24-14)12-15-10-19-18(25-15)21-6-8-22-9-7-21/h2-5,10,14H,6-9,11-13H2,1H3. The maximum absolute atomic E-state index is 6.04. The number of fused-ring (bicyclic) bond motifs is 1. The van der Waals surface area contributed by atoms with Crippen LogP contribution < -0.4 is 14.4 Å². The van der Waals surface area contributed by atoms with Crippen molar-refractivity contribution in [3.8, 4) is 11.5 Å². The van der Waals surface area contributed by atoms with Gasteiger partial charge in [-0.3, -0.25) is 4.90 Å². The minimum absolute atomic E-state index is 0.0477. The predicted molar refractivity (Wildman–Crippen MR) is 97.8 cm³/mol. The lowest BCUT2D eigenvalue weighted by Crippen LogP contribution is -2.39. The highest BCUT2D eigenvalue weighted by atomic mass is 32.1. The largest absolute Gasteiger partial charge is 0.486 e. The van der Waals surface area contributed by atoms with Crippen molar-refractivity contribution in [3.63, 3.8) is 0 Å². The first-order valence-corrected chi connectivity index (χ1v) is 9.44. The normalized spacial score (nSPS) is 20.1. The van der Waals surface area contributed by atoms with Gasteiger partial charge in [0.15, 0.2) is 16.6 Å². The maximum atomic E-state index is 6.04. The van der Waals surface area contributed by atoms with Gasteiger partial charge in [-0.15, -0.1) is 11.3 Å². The molecular formula is C18H23N3O3S. The van der Waals surface area contributed by atoms with Gasteiger partial charge < -0.3 is 19.1 Å². The van der Waals surface area contributed by atoms with Crippen molar-refractivity contribution in [2.45, 2.75) is 12.6 Å². The second-order valence-electron chi connectivity index (χ2n) is 6.40. The molecule has 4 rings (SSSR count). The number of para-hydroxylation sites is 2. The molecule has 0 aliphatic carbocycles. The molecule has 0 saturated carbocycles. The smallest absolute Gasteiger partial charge is 0.185 e. The molecule has 1 unspecified atom stereocenters. The van der Waals surface area contributed by atoms with E-state index in [4.69, 9.17) is 14.2 Å². The van der Waals surface area contributed by atoms with Gasteiger partial charge in [0.25, 0.3) is 0 Å². The zero-order chi connectivity index (χ0) is 17.1. The third kappa shape index (κ3) is 4.05. The molecular weight excluding hydrogens is 338 g/mol. The van der Waals surface area contributed by atoms with E-state index in [0.29, 0.717) is 6.61 Å². The van der Waals surface area contributed by atoms with Gasteiger partial charge in [0.2, 0.25) is 0 Å². The van der Waals surface area contributed by atoms with Crippen LogP contribution in [0.1, 0.15) is 4.88 Å². The fraction of sp³-hybridized carbons (Fsp3) is 0.500. The molecule has 0 bridgehead atoms. The number of thiazole rings is 1. The minimum atomic E-state index is 0.0477. The van der Waals surface area contributed by atoms with Crippen LogP contribution in [0.15, 0.2) is 30.5 Å². The average Bonchev–Trinajstić information content (AvgIpc) is 3.10. The quantitative estimate of drug-likeness (QED) is 0.814. The van der Waals surface area contributed by atoms with Crippen molar-refractivity contribution in [3.05, 3.63) is 35.3 Å². The molecule has 2 aliphatic heterocycles. The summed E-state index contributed by atoms with van der Waals surface area (Å²) < 4.78 is 17.2. The highest BCUT2D eigenvalue weighted by Crippen LogP contribution is 2.31. The molecule has 3 heterocycles. The Morgan fingerprint density at radius 1 is 1.24 bits per heavy atom. The summed E-state index contributed by atoms with van der Waals surface area (Å²) >= 11 is 1.76. The lowest BCUT2D eigenvalue weighted by atomic mass is 10.2. The first-order chi connectivity index (χ1) is 12.3. The summed E-state index contributed by atoms with van der Waals surface area (Å²) in [6, 6.07) is 7.84. The van der Waals surface area contributed by atoms with E-state index in [1.807, 2.05) is 30.5 Å². The number of nitrogens with zero attached hydrogens (tertiary/aromatic N) is 3. The Kier molecular flexibility index (Phi) is 5.05. The highest BCUT2D eigenvalue weighted by Gasteiger charge is 2.22. The molecule has 0 N–H and O–H groups in total. The number of aromatic nitrogens is 1. The first kappa shape index (κ1) is 16.6. The summed E-state index contributed by atoms with van der Waals surface area (Å²) in [6.45, 7) is 5.70. The second-order valence-corrected chi connectivity index (χ2v) is 7.50. The van der Waals surface area contributed by atoms with E-state index >= 15 is 0 Å². The van der Waals surface area contributed by atoms with E-state index in [9.17, 15) is 0 Å². The molecule has 0 radical (unpaired) electrons. The van der Waals surface area contributed by atoms with Crippen molar-refractivity contribution < 1.29 is 14.2 Å². The van der Waals surface area contributed by atoms with Crippen LogP contribution in [0.2, 0.25) is 0 Å². The number of likely N-dealkylation sites (N-methyl/N-ethyl adjacent to an activating group) is 1. The zero-order valence-electron chi connectivity index (χ0n) is 14.4. The third-order valence-electron chi connectivity index (χ3n) is 4.33. The molecule has 6 nitrogen and oxygen atoms in total. The number of benzene rings is 1. The van der Waals surface area contributed by atoms with E-state index in [1.165, 1.54) is 4.88 Å². The Morgan fingerprint density at radius 3 is 2.88 bits per heavy atom.